The van der Waals surface area contributed by atoms with Gasteiger partial charge in [0, 0.05) is 29.6 Å². The van der Waals surface area contributed by atoms with Gasteiger partial charge in [-0.15, -0.1) is 0 Å². The van der Waals surface area contributed by atoms with Gasteiger partial charge >= 0.3 is 0 Å². The maximum atomic E-state index is 13.8. The fourth-order valence-electron chi connectivity index (χ4n) is 5.64. The molecular weight excluding hydrogens is 473 g/mol. The quantitative estimate of drug-likeness (QED) is 0.447. The van der Waals surface area contributed by atoms with Crippen LogP contribution in [0.5, 0.6) is 11.5 Å². The Hall–Kier alpha value is -4.33. The second-order valence-corrected chi connectivity index (χ2v) is 9.42. The number of carbonyl (C=O) groups excluding carboxylic acids is 2. The number of fused-ring (bicyclic) bond motifs is 4. The van der Waals surface area contributed by atoms with E-state index in [4.69, 9.17) is 9.47 Å². The van der Waals surface area contributed by atoms with E-state index >= 15 is 0 Å². The molecule has 0 unspecified atom stereocenters. The number of hydrogen-bond acceptors (Lipinski definition) is 4. The highest BCUT2D eigenvalue weighted by Crippen LogP contribution is 2.44. The molecule has 2 atom stereocenters. The fraction of sp³-hybridized carbons (Fsp3) is 0.241. The number of nitrogens with zero attached hydrogens (tertiary/aromatic N) is 2. The average Bonchev–Trinajstić information content (AvgIpc) is 3.29. The molecule has 37 heavy (non-hydrogen) atoms. The highest BCUT2D eigenvalue weighted by Gasteiger charge is 2.48. The third kappa shape index (κ3) is 3.80. The van der Waals surface area contributed by atoms with E-state index in [1.54, 1.807) is 36.2 Å². The number of rotatable bonds is 5. The van der Waals surface area contributed by atoms with Crippen molar-refractivity contribution in [3.8, 4) is 11.5 Å². The van der Waals surface area contributed by atoms with Gasteiger partial charge in [-0.1, -0.05) is 36.4 Å². The SMILES string of the molecule is COc1ccc([C@@H]2c3[nH]c4ccccc4c3C[C@H]3C(=O)N(Cc4ccc(F)cc4)CC(=O)N23)cc1OC. The molecule has 0 spiro atoms. The largest absolute Gasteiger partial charge is 0.493 e. The molecule has 0 bridgehead atoms. The van der Waals surface area contributed by atoms with Gasteiger partial charge in [-0.25, -0.2) is 4.39 Å². The van der Waals surface area contributed by atoms with Crippen molar-refractivity contribution in [1.29, 1.82) is 0 Å². The van der Waals surface area contributed by atoms with Crippen molar-refractivity contribution in [2.45, 2.75) is 25.0 Å². The van der Waals surface area contributed by atoms with Crippen molar-refractivity contribution in [3.63, 3.8) is 0 Å². The second kappa shape index (κ2) is 8.96. The first-order valence-corrected chi connectivity index (χ1v) is 12.1. The van der Waals surface area contributed by atoms with E-state index in [0.717, 1.165) is 33.3 Å². The molecule has 2 amide bonds. The zero-order valence-corrected chi connectivity index (χ0v) is 20.5. The van der Waals surface area contributed by atoms with Gasteiger partial charge in [-0.2, -0.15) is 0 Å². The Labute approximate surface area is 213 Å². The molecule has 2 aliphatic rings. The minimum absolute atomic E-state index is 0.0495. The smallest absolute Gasteiger partial charge is 0.246 e. The highest BCUT2D eigenvalue weighted by atomic mass is 19.1. The van der Waals surface area contributed by atoms with E-state index in [9.17, 15) is 14.0 Å². The number of amides is 2. The highest BCUT2D eigenvalue weighted by molar-refractivity contribution is 5.97. The average molecular weight is 500 g/mol. The van der Waals surface area contributed by atoms with Crippen molar-refractivity contribution < 1.29 is 23.5 Å². The predicted molar refractivity (Wildman–Crippen MR) is 136 cm³/mol. The lowest BCUT2D eigenvalue weighted by atomic mass is 9.86. The molecule has 0 aliphatic carbocycles. The number of halogens is 1. The number of H-pyrrole nitrogens is 1. The topological polar surface area (TPSA) is 74.9 Å². The van der Waals surface area contributed by atoms with Gasteiger partial charge in [0.1, 0.15) is 18.4 Å². The normalized spacial score (nSPS) is 19.1. The summed E-state index contributed by atoms with van der Waals surface area (Å²) in [5, 5.41) is 1.04. The maximum absolute atomic E-state index is 13.8. The number of hydrogen-bond donors (Lipinski definition) is 1. The summed E-state index contributed by atoms with van der Waals surface area (Å²) in [6.07, 6.45) is 0.410. The number of aromatic amines is 1. The molecule has 6 rings (SSSR count). The van der Waals surface area contributed by atoms with E-state index in [0.29, 0.717) is 17.9 Å². The number of nitrogens with one attached hydrogen (secondary N) is 1. The van der Waals surface area contributed by atoms with Crippen LogP contribution >= 0.6 is 0 Å². The van der Waals surface area contributed by atoms with Crippen LogP contribution in [-0.4, -0.2) is 53.4 Å². The number of benzene rings is 3. The minimum Gasteiger partial charge on any atom is -0.493 e. The van der Waals surface area contributed by atoms with Crippen molar-refractivity contribution in [2.75, 3.05) is 20.8 Å². The Bertz CT molecular complexity index is 1510. The summed E-state index contributed by atoms with van der Waals surface area (Å²) in [6, 6.07) is 18.4. The van der Waals surface area contributed by atoms with Crippen LogP contribution in [0.1, 0.15) is 28.4 Å². The summed E-state index contributed by atoms with van der Waals surface area (Å²) < 4.78 is 24.4. The molecule has 8 heteroatoms. The first kappa shape index (κ1) is 23.1. The zero-order valence-electron chi connectivity index (χ0n) is 20.5. The van der Waals surface area contributed by atoms with E-state index in [2.05, 4.69) is 4.98 Å². The van der Waals surface area contributed by atoms with Crippen molar-refractivity contribution in [1.82, 2.24) is 14.8 Å². The number of aromatic nitrogens is 1. The van der Waals surface area contributed by atoms with Crippen LogP contribution in [0.25, 0.3) is 10.9 Å². The molecule has 1 fully saturated rings. The molecule has 0 saturated carbocycles. The van der Waals surface area contributed by atoms with Crippen LogP contribution < -0.4 is 9.47 Å². The molecule has 4 aromatic rings. The Morgan fingerprint density at radius 2 is 1.73 bits per heavy atom. The summed E-state index contributed by atoms with van der Waals surface area (Å²) in [4.78, 5) is 34.4. The summed E-state index contributed by atoms with van der Waals surface area (Å²) in [6.45, 7) is 0.197. The molecule has 2 aliphatic heterocycles. The molecule has 7 nitrogen and oxygen atoms in total. The van der Waals surface area contributed by atoms with Crippen LogP contribution in [0.3, 0.4) is 0 Å². The van der Waals surface area contributed by atoms with Gasteiger partial charge < -0.3 is 24.3 Å². The fourth-order valence-corrected chi connectivity index (χ4v) is 5.64. The van der Waals surface area contributed by atoms with Gasteiger partial charge in [-0.05, 0) is 47.0 Å². The second-order valence-electron chi connectivity index (χ2n) is 9.42. The van der Waals surface area contributed by atoms with Crippen LogP contribution in [0.2, 0.25) is 0 Å². The van der Waals surface area contributed by atoms with E-state index in [1.807, 2.05) is 42.5 Å². The van der Waals surface area contributed by atoms with Crippen molar-refractivity contribution in [3.05, 3.63) is 94.9 Å². The van der Waals surface area contributed by atoms with Crippen LogP contribution in [0.4, 0.5) is 4.39 Å². The molecule has 0 radical (unpaired) electrons. The summed E-state index contributed by atoms with van der Waals surface area (Å²) >= 11 is 0. The molecule has 188 valence electrons. The number of methoxy groups -OCH3 is 2. The molecule has 1 saturated heterocycles. The first-order valence-electron chi connectivity index (χ1n) is 12.1. The molecule has 1 N–H and O–H groups in total. The summed E-state index contributed by atoms with van der Waals surface area (Å²) in [7, 11) is 3.15. The van der Waals surface area contributed by atoms with E-state index in [-0.39, 0.29) is 30.7 Å². The lowest BCUT2D eigenvalue weighted by Crippen LogP contribution is -2.62. The van der Waals surface area contributed by atoms with Crippen molar-refractivity contribution in [2.24, 2.45) is 0 Å². The Morgan fingerprint density at radius 1 is 0.973 bits per heavy atom. The van der Waals surface area contributed by atoms with E-state index < -0.39 is 12.1 Å². The van der Waals surface area contributed by atoms with Gasteiger partial charge in [0.05, 0.1) is 20.3 Å². The van der Waals surface area contributed by atoms with Crippen LogP contribution in [0.15, 0.2) is 66.7 Å². The molecular formula is C29H26FN3O4. The van der Waals surface area contributed by atoms with Gasteiger partial charge in [0.2, 0.25) is 11.8 Å². The third-order valence-electron chi connectivity index (χ3n) is 7.35. The lowest BCUT2D eigenvalue weighted by Gasteiger charge is -2.47. The number of ether oxygens (including phenoxy) is 2. The van der Waals surface area contributed by atoms with Gasteiger partial charge in [-0.3, -0.25) is 9.59 Å². The number of para-hydroxylation sites is 1. The van der Waals surface area contributed by atoms with Crippen LogP contribution in [-0.2, 0) is 22.6 Å². The summed E-state index contributed by atoms with van der Waals surface area (Å²) in [5.74, 6) is 0.532. The maximum Gasteiger partial charge on any atom is 0.246 e. The monoisotopic (exact) mass is 499 g/mol. The van der Waals surface area contributed by atoms with Gasteiger partial charge in [0.25, 0.3) is 0 Å². The third-order valence-corrected chi connectivity index (χ3v) is 7.35. The Balaban J connectivity index is 1.46. The molecule has 1 aromatic heterocycles. The van der Waals surface area contributed by atoms with Gasteiger partial charge in [0.15, 0.2) is 11.5 Å². The van der Waals surface area contributed by atoms with Crippen LogP contribution in [0, 0.1) is 5.82 Å². The standard InChI is InChI=1S/C29H26FN3O4/c1-36-24-12-9-18(13-25(24)37-2)28-27-21(20-5-3-4-6-22(20)31-27)14-23-29(35)32(16-26(34)33(23)28)15-17-7-10-19(30)11-8-17/h3-13,23,28,31H,14-16H2,1-2H3/t23-,28+/m0/s1. The minimum atomic E-state index is -0.661. The lowest BCUT2D eigenvalue weighted by molar-refractivity contribution is -0.159. The van der Waals surface area contributed by atoms with E-state index in [1.165, 1.54) is 12.1 Å². The molecule has 3 aromatic carbocycles. The number of carbonyl (C=O) groups is 2. The first-order chi connectivity index (χ1) is 18.0. The molecule has 3 heterocycles. The summed E-state index contributed by atoms with van der Waals surface area (Å²) in [5.41, 5.74) is 4.49. The Morgan fingerprint density at radius 3 is 2.49 bits per heavy atom. The van der Waals surface area contributed by atoms with Crippen molar-refractivity contribution >= 4 is 22.7 Å². The zero-order chi connectivity index (χ0) is 25.7. The predicted octanol–water partition coefficient (Wildman–Crippen LogP) is 4.21. The number of piperazine rings is 1. The Kier molecular flexibility index (Phi) is 5.59.